The summed E-state index contributed by atoms with van der Waals surface area (Å²) < 4.78 is 1.96. The first-order valence-corrected chi connectivity index (χ1v) is 6.14. The second kappa shape index (κ2) is 4.49. The standard InChI is InChI=1S/C11H21N5/c1-4-7-11(2,3)16-10(13-14-15-16)8-12-9-5-6-9/h9,12H,4-8H2,1-3H3. The molecule has 0 amide bonds. The van der Waals surface area contributed by atoms with Gasteiger partial charge in [-0.1, -0.05) is 13.3 Å². The van der Waals surface area contributed by atoms with Gasteiger partial charge in [0.25, 0.3) is 0 Å². The van der Waals surface area contributed by atoms with Crippen molar-refractivity contribution in [3.05, 3.63) is 5.82 Å². The van der Waals surface area contributed by atoms with Crippen molar-refractivity contribution < 1.29 is 0 Å². The van der Waals surface area contributed by atoms with Gasteiger partial charge in [-0.2, -0.15) is 0 Å². The summed E-state index contributed by atoms with van der Waals surface area (Å²) in [4.78, 5) is 0. The summed E-state index contributed by atoms with van der Waals surface area (Å²) in [5.41, 5.74) is 0.0127. The Morgan fingerprint density at radius 3 is 2.81 bits per heavy atom. The minimum atomic E-state index is 0.0127. The van der Waals surface area contributed by atoms with Crippen LogP contribution in [0.25, 0.3) is 0 Å². The van der Waals surface area contributed by atoms with Gasteiger partial charge < -0.3 is 5.32 Å². The third kappa shape index (κ3) is 2.58. The molecule has 1 aromatic rings. The number of aromatic nitrogens is 4. The van der Waals surface area contributed by atoms with Crippen molar-refractivity contribution in [1.29, 1.82) is 0 Å². The maximum atomic E-state index is 4.12. The van der Waals surface area contributed by atoms with Crippen LogP contribution in [0, 0.1) is 0 Å². The topological polar surface area (TPSA) is 55.6 Å². The van der Waals surface area contributed by atoms with Crippen LogP contribution >= 0.6 is 0 Å². The van der Waals surface area contributed by atoms with Crippen molar-refractivity contribution in [2.45, 2.75) is 64.6 Å². The van der Waals surface area contributed by atoms with Gasteiger partial charge in [-0.25, -0.2) is 4.68 Å². The van der Waals surface area contributed by atoms with Gasteiger partial charge in [-0.15, -0.1) is 5.10 Å². The van der Waals surface area contributed by atoms with Gasteiger partial charge in [0.05, 0.1) is 12.1 Å². The number of rotatable bonds is 6. The summed E-state index contributed by atoms with van der Waals surface area (Å²) >= 11 is 0. The van der Waals surface area contributed by atoms with E-state index >= 15 is 0 Å². The molecular weight excluding hydrogens is 202 g/mol. The van der Waals surface area contributed by atoms with Gasteiger partial charge in [0.1, 0.15) is 0 Å². The number of nitrogens with zero attached hydrogens (tertiary/aromatic N) is 4. The number of tetrazole rings is 1. The molecule has 1 aliphatic rings. The molecule has 0 radical (unpaired) electrons. The van der Waals surface area contributed by atoms with Gasteiger partial charge >= 0.3 is 0 Å². The molecule has 0 bridgehead atoms. The molecule has 2 rings (SSSR count). The SMILES string of the molecule is CCCC(C)(C)n1nnnc1CNC1CC1. The van der Waals surface area contributed by atoms with Crippen LogP contribution in [-0.4, -0.2) is 26.2 Å². The first kappa shape index (κ1) is 11.5. The van der Waals surface area contributed by atoms with E-state index in [1.165, 1.54) is 12.8 Å². The Morgan fingerprint density at radius 1 is 1.44 bits per heavy atom. The second-order valence-electron chi connectivity index (χ2n) is 5.22. The molecule has 0 atom stereocenters. The van der Waals surface area contributed by atoms with E-state index in [1.54, 1.807) is 0 Å². The highest BCUT2D eigenvalue weighted by atomic mass is 15.6. The number of nitrogens with one attached hydrogen (secondary N) is 1. The molecule has 5 heteroatoms. The average molecular weight is 223 g/mol. The van der Waals surface area contributed by atoms with Crippen LogP contribution in [0.15, 0.2) is 0 Å². The molecule has 5 nitrogen and oxygen atoms in total. The molecule has 0 saturated heterocycles. The van der Waals surface area contributed by atoms with Crippen molar-refractivity contribution in [3.63, 3.8) is 0 Å². The lowest BCUT2D eigenvalue weighted by Gasteiger charge is -2.25. The monoisotopic (exact) mass is 223 g/mol. The van der Waals surface area contributed by atoms with E-state index in [0.29, 0.717) is 6.04 Å². The number of hydrogen-bond acceptors (Lipinski definition) is 4. The van der Waals surface area contributed by atoms with Crippen molar-refractivity contribution in [3.8, 4) is 0 Å². The highest BCUT2D eigenvalue weighted by Gasteiger charge is 2.26. The fourth-order valence-corrected chi connectivity index (χ4v) is 2.03. The smallest absolute Gasteiger partial charge is 0.165 e. The quantitative estimate of drug-likeness (QED) is 0.793. The highest BCUT2D eigenvalue weighted by molar-refractivity contribution is 4.91. The Labute approximate surface area is 96.6 Å². The largest absolute Gasteiger partial charge is 0.307 e. The lowest BCUT2D eigenvalue weighted by Crippen LogP contribution is -2.31. The predicted molar refractivity (Wildman–Crippen MR) is 61.9 cm³/mol. The molecule has 1 heterocycles. The Bertz CT molecular complexity index is 340. The van der Waals surface area contributed by atoms with E-state index in [2.05, 4.69) is 41.6 Å². The third-order valence-corrected chi connectivity index (χ3v) is 3.10. The predicted octanol–water partition coefficient (Wildman–Crippen LogP) is 1.46. The van der Waals surface area contributed by atoms with Crippen molar-refractivity contribution in [2.75, 3.05) is 0 Å². The molecule has 16 heavy (non-hydrogen) atoms. The minimum Gasteiger partial charge on any atom is -0.307 e. The van der Waals surface area contributed by atoms with Gasteiger partial charge in [0, 0.05) is 6.04 Å². The molecule has 1 aliphatic carbocycles. The summed E-state index contributed by atoms with van der Waals surface area (Å²) in [7, 11) is 0. The van der Waals surface area contributed by atoms with E-state index in [-0.39, 0.29) is 5.54 Å². The third-order valence-electron chi connectivity index (χ3n) is 3.10. The van der Waals surface area contributed by atoms with Crippen LogP contribution in [0.1, 0.15) is 52.3 Å². The van der Waals surface area contributed by atoms with Crippen molar-refractivity contribution in [1.82, 2.24) is 25.5 Å². The number of hydrogen-bond donors (Lipinski definition) is 1. The molecule has 0 aromatic carbocycles. The average Bonchev–Trinajstić information content (AvgIpc) is 2.92. The lowest BCUT2D eigenvalue weighted by atomic mass is 9.99. The summed E-state index contributed by atoms with van der Waals surface area (Å²) in [6.45, 7) is 7.35. The minimum absolute atomic E-state index is 0.0127. The Hall–Kier alpha value is -0.970. The molecular formula is C11H21N5. The maximum Gasteiger partial charge on any atom is 0.165 e. The fraction of sp³-hybridized carbons (Fsp3) is 0.909. The van der Waals surface area contributed by atoms with E-state index in [4.69, 9.17) is 0 Å². The van der Waals surface area contributed by atoms with E-state index in [0.717, 1.165) is 25.2 Å². The van der Waals surface area contributed by atoms with E-state index < -0.39 is 0 Å². The van der Waals surface area contributed by atoms with E-state index in [9.17, 15) is 0 Å². The van der Waals surface area contributed by atoms with E-state index in [1.807, 2.05) is 4.68 Å². The lowest BCUT2D eigenvalue weighted by molar-refractivity contribution is 0.275. The van der Waals surface area contributed by atoms with Gasteiger partial charge in [0.2, 0.25) is 0 Å². The van der Waals surface area contributed by atoms with Crippen LogP contribution in [0.5, 0.6) is 0 Å². The molecule has 1 saturated carbocycles. The van der Waals surface area contributed by atoms with Crippen molar-refractivity contribution >= 4 is 0 Å². The molecule has 1 N–H and O–H groups in total. The van der Waals surface area contributed by atoms with Gasteiger partial charge in [0.15, 0.2) is 5.82 Å². The van der Waals surface area contributed by atoms with Gasteiger partial charge in [-0.05, 0) is 43.5 Å². The van der Waals surface area contributed by atoms with Crippen LogP contribution < -0.4 is 5.32 Å². The van der Waals surface area contributed by atoms with Crippen LogP contribution in [0.2, 0.25) is 0 Å². The fourth-order valence-electron chi connectivity index (χ4n) is 2.03. The zero-order chi connectivity index (χ0) is 11.6. The van der Waals surface area contributed by atoms with Crippen LogP contribution in [0.3, 0.4) is 0 Å². The Kier molecular flexibility index (Phi) is 3.23. The summed E-state index contributed by atoms with van der Waals surface area (Å²) in [6, 6.07) is 0.694. The normalized spacial score (nSPS) is 16.7. The first-order chi connectivity index (χ1) is 7.63. The van der Waals surface area contributed by atoms with Gasteiger partial charge in [-0.3, -0.25) is 0 Å². The van der Waals surface area contributed by atoms with Crippen LogP contribution in [0.4, 0.5) is 0 Å². The molecule has 0 unspecified atom stereocenters. The second-order valence-corrected chi connectivity index (χ2v) is 5.22. The molecule has 90 valence electrons. The van der Waals surface area contributed by atoms with Crippen molar-refractivity contribution in [2.24, 2.45) is 0 Å². The zero-order valence-electron chi connectivity index (χ0n) is 10.4. The molecule has 0 aliphatic heterocycles. The van der Waals surface area contributed by atoms with Crippen LogP contribution in [-0.2, 0) is 12.1 Å². The Balaban J connectivity index is 2.04. The summed E-state index contributed by atoms with van der Waals surface area (Å²) in [6.07, 6.45) is 4.82. The Morgan fingerprint density at radius 2 is 2.19 bits per heavy atom. The zero-order valence-corrected chi connectivity index (χ0v) is 10.4. The summed E-state index contributed by atoms with van der Waals surface area (Å²) in [5, 5.41) is 15.5. The molecule has 1 aromatic heterocycles. The first-order valence-electron chi connectivity index (χ1n) is 6.14. The highest BCUT2D eigenvalue weighted by Crippen LogP contribution is 2.22. The maximum absolute atomic E-state index is 4.12. The summed E-state index contributed by atoms with van der Waals surface area (Å²) in [5.74, 6) is 0.949. The molecule has 1 fully saturated rings. The molecule has 0 spiro atoms.